The molecule has 2 heterocycles. The number of aryl methyl sites for hydroxylation is 1. The normalized spacial score (nSPS) is 16.5. The minimum Gasteiger partial charge on any atom is -0.496 e. The van der Waals surface area contributed by atoms with Crippen LogP contribution in [0.4, 0.5) is 5.69 Å². The quantitative estimate of drug-likeness (QED) is 0.674. The summed E-state index contributed by atoms with van der Waals surface area (Å²) in [7, 11) is 3.20. The number of ether oxygens (including phenoxy) is 2. The molecule has 0 spiro atoms. The van der Waals surface area contributed by atoms with Gasteiger partial charge >= 0.3 is 0 Å². The summed E-state index contributed by atoms with van der Waals surface area (Å²) in [5.74, 6) is 2.09. The Labute approximate surface area is 162 Å². The molecule has 28 heavy (non-hydrogen) atoms. The third-order valence-electron chi connectivity index (χ3n) is 4.89. The lowest BCUT2D eigenvalue weighted by Gasteiger charge is -2.19. The largest absolute Gasteiger partial charge is 0.496 e. The highest BCUT2D eigenvalue weighted by molar-refractivity contribution is 5.97. The van der Waals surface area contributed by atoms with Gasteiger partial charge in [0.25, 0.3) is 5.89 Å². The molecule has 1 fully saturated rings. The maximum absolute atomic E-state index is 12.7. The van der Waals surface area contributed by atoms with Crippen LogP contribution in [-0.4, -0.2) is 36.8 Å². The van der Waals surface area contributed by atoms with Crippen molar-refractivity contribution in [3.8, 4) is 23.0 Å². The summed E-state index contributed by atoms with van der Waals surface area (Å²) in [5, 5.41) is 4.12. The highest BCUT2D eigenvalue weighted by atomic mass is 16.5. The molecule has 1 aromatic heterocycles. The second kappa shape index (κ2) is 7.34. The van der Waals surface area contributed by atoms with Crippen LogP contribution in [0, 0.1) is 6.92 Å². The third-order valence-corrected chi connectivity index (χ3v) is 4.89. The average molecular weight is 379 g/mol. The molecule has 1 aliphatic heterocycles. The van der Waals surface area contributed by atoms with Crippen molar-refractivity contribution in [3.05, 3.63) is 53.9 Å². The number of hydrogen-bond donors (Lipinski definition) is 0. The highest BCUT2D eigenvalue weighted by Crippen LogP contribution is 2.37. The molecule has 4 rings (SSSR count). The van der Waals surface area contributed by atoms with Crippen molar-refractivity contribution in [1.82, 2.24) is 10.1 Å². The van der Waals surface area contributed by atoms with Crippen molar-refractivity contribution in [1.29, 1.82) is 0 Å². The van der Waals surface area contributed by atoms with Crippen LogP contribution in [0.5, 0.6) is 11.5 Å². The van der Waals surface area contributed by atoms with E-state index in [9.17, 15) is 4.79 Å². The molecule has 1 amide bonds. The van der Waals surface area contributed by atoms with Crippen molar-refractivity contribution < 1.29 is 18.8 Å². The molecule has 7 nitrogen and oxygen atoms in total. The standard InChI is InChI=1S/C21H21N3O4/c1-13-8-9-18(27-3)16(10-13)24-12-14(11-19(24)25)20-22-21(28-23-20)15-6-4-5-7-17(15)26-2/h4-10,14H,11-12H2,1-3H3. The smallest absolute Gasteiger partial charge is 0.261 e. The Morgan fingerprint density at radius 1 is 1.11 bits per heavy atom. The lowest BCUT2D eigenvalue weighted by Crippen LogP contribution is -2.25. The molecule has 1 unspecified atom stereocenters. The van der Waals surface area contributed by atoms with Crippen LogP contribution >= 0.6 is 0 Å². The Balaban J connectivity index is 1.60. The van der Waals surface area contributed by atoms with Gasteiger partial charge in [-0.25, -0.2) is 0 Å². The fraction of sp³-hybridized carbons (Fsp3) is 0.286. The van der Waals surface area contributed by atoms with E-state index in [0.29, 0.717) is 36.2 Å². The number of anilines is 1. The predicted molar refractivity (Wildman–Crippen MR) is 104 cm³/mol. The van der Waals surface area contributed by atoms with Gasteiger partial charge in [0.15, 0.2) is 5.82 Å². The van der Waals surface area contributed by atoms with Gasteiger partial charge in [-0.3, -0.25) is 4.79 Å². The van der Waals surface area contributed by atoms with Crippen molar-refractivity contribution in [2.75, 3.05) is 25.7 Å². The first kappa shape index (κ1) is 18.0. The van der Waals surface area contributed by atoms with E-state index in [-0.39, 0.29) is 11.8 Å². The summed E-state index contributed by atoms with van der Waals surface area (Å²) < 4.78 is 16.2. The molecule has 144 valence electrons. The van der Waals surface area contributed by atoms with Crippen LogP contribution < -0.4 is 14.4 Å². The van der Waals surface area contributed by atoms with Crippen LogP contribution in [0.25, 0.3) is 11.5 Å². The number of carbonyl (C=O) groups excluding carboxylic acids is 1. The molecule has 1 atom stereocenters. The Kier molecular flexibility index (Phi) is 4.73. The molecule has 3 aromatic rings. The Bertz CT molecular complexity index is 1010. The van der Waals surface area contributed by atoms with Gasteiger partial charge in [0.2, 0.25) is 5.91 Å². The number of hydrogen-bond acceptors (Lipinski definition) is 6. The molecule has 1 aliphatic rings. The summed E-state index contributed by atoms with van der Waals surface area (Å²) in [6.07, 6.45) is 0.321. The number of carbonyl (C=O) groups is 1. The van der Waals surface area contributed by atoms with E-state index in [1.165, 1.54) is 0 Å². The molecule has 7 heteroatoms. The van der Waals surface area contributed by atoms with Gasteiger partial charge in [-0.05, 0) is 36.8 Å². The van der Waals surface area contributed by atoms with Crippen LogP contribution in [0.3, 0.4) is 0 Å². The van der Waals surface area contributed by atoms with Gasteiger partial charge in [0, 0.05) is 18.9 Å². The molecule has 0 N–H and O–H groups in total. The molecule has 2 aromatic carbocycles. The summed E-state index contributed by atoms with van der Waals surface area (Å²) in [4.78, 5) is 18.9. The number of nitrogens with zero attached hydrogens (tertiary/aromatic N) is 3. The Morgan fingerprint density at radius 2 is 1.89 bits per heavy atom. The maximum Gasteiger partial charge on any atom is 0.261 e. The number of amides is 1. The Hall–Kier alpha value is -3.35. The highest BCUT2D eigenvalue weighted by Gasteiger charge is 2.36. The zero-order valence-corrected chi connectivity index (χ0v) is 16.0. The number of rotatable bonds is 5. The first-order valence-corrected chi connectivity index (χ1v) is 9.02. The van der Waals surface area contributed by atoms with E-state index >= 15 is 0 Å². The van der Waals surface area contributed by atoms with Crippen LogP contribution in [0.1, 0.15) is 23.7 Å². The number of para-hydroxylation sites is 1. The second-order valence-electron chi connectivity index (χ2n) is 6.74. The predicted octanol–water partition coefficient (Wildman–Crippen LogP) is 3.58. The van der Waals surface area contributed by atoms with E-state index in [1.807, 2.05) is 49.4 Å². The summed E-state index contributed by atoms with van der Waals surface area (Å²) in [6, 6.07) is 13.2. The van der Waals surface area contributed by atoms with Gasteiger partial charge in [0.1, 0.15) is 11.5 Å². The maximum atomic E-state index is 12.7. The topological polar surface area (TPSA) is 77.7 Å². The summed E-state index contributed by atoms with van der Waals surface area (Å²) in [6.45, 7) is 2.46. The zero-order valence-electron chi connectivity index (χ0n) is 16.0. The number of benzene rings is 2. The molecular weight excluding hydrogens is 358 g/mol. The van der Waals surface area contributed by atoms with Crippen molar-refractivity contribution in [2.45, 2.75) is 19.3 Å². The molecule has 0 saturated carbocycles. The monoisotopic (exact) mass is 379 g/mol. The van der Waals surface area contributed by atoms with Crippen molar-refractivity contribution >= 4 is 11.6 Å². The zero-order chi connectivity index (χ0) is 19.7. The van der Waals surface area contributed by atoms with Gasteiger partial charge in [-0.2, -0.15) is 4.98 Å². The fourth-order valence-electron chi connectivity index (χ4n) is 3.46. The van der Waals surface area contributed by atoms with Crippen LogP contribution in [-0.2, 0) is 4.79 Å². The van der Waals surface area contributed by atoms with E-state index in [4.69, 9.17) is 14.0 Å². The van der Waals surface area contributed by atoms with Crippen molar-refractivity contribution in [3.63, 3.8) is 0 Å². The molecule has 0 radical (unpaired) electrons. The van der Waals surface area contributed by atoms with Crippen LogP contribution in [0.2, 0.25) is 0 Å². The SMILES string of the molecule is COc1ccccc1-c1nc(C2CC(=O)N(c3cc(C)ccc3OC)C2)no1. The first-order chi connectivity index (χ1) is 13.6. The first-order valence-electron chi connectivity index (χ1n) is 9.02. The molecule has 0 aliphatic carbocycles. The van der Waals surface area contributed by atoms with E-state index in [2.05, 4.69) is 10.1 Å². The Morgan fingerprint density at radius 3 is 2.68 bits per heavy atom. The van der Waals surface area contributed by atoms with E-state index in [1.54, 1.807) is 19.1 Å². The minimum absolute atomic E-state index is 0.0116. The fourth-order valence-corrected chi connectivity index (χ4v) is 3.46. The molecule has 0 bridgehead atoms. The lowest BCUT2D eigenvalue weighted by atomic mass is 10.1. The number of methoxy groups -OCH3 is 2. The third kappa shape index (κ3) is 3.19. The lowest BCUT2D eigenvalue weighted by molar-refractivity contribution is -0.117. The molecule has 1 saturated heterocycles. The van der Waals surface area contributed by atoms with Gasteiger partial charge in [-0.15, -0.1) is 0 Å². The number of aromatic nitrogens is 2. The summed E-state index contributed by atoms with van der Waals surface area (Å²) >= 11 is 0. The van der Waals surface area contributed by atoms with Crippen LogP contribution in [0.15, 0.2) is 47.0 Å². The summed E-state index contributed by atoms with van der Waals surface area (Å²) in [5.41, 5.74) is 2.55. The van der Waals surface area contributed by atoms with E-state index < -0.39 is 0 Å². The van der Waals surface area contributed by atoms with Gasteiger partial charge < -0.3 is 18.9 Å². The van der Waals surface area contributed by atoms with Gasteiger partial charge in [-0.1, -0.05) is 23.4 Å². The second-order valence-corrected chi connectivity index (χ2v) is 6.74. The average Bonchev–Trinajstić information content (AvgIpc) is 3.34. The van der Waals surface area contributed by atoms with Crippen molar-refractivity contribution in [2.24, 2.45) is 0 Å². The molecular formula is C21H21N3O4. The minimum atomic E-state index is -0.148. The van der Waals surface area contributed by atoms with E-state index in [0.717, 1.165) is 16.8 Å². The van der Waals surface area contributed by atoms with Gasteiger partial charge in [0.05, 0.1) is 25.5 Å².